The molecule has 0 aromatic rings. The summed E-state index contributed by atoms with van der Waals surface area (Å²) in [6, 6.07) is 0.00462. The number of rotatable bonds is 6. The van der Waals surface area contributed by atoms with Gasteiger partial charge in [0.25, 0.3) is 0 Å². The van der Waals surface area contributed by atoms with E-state index >= 15 is 0 Å². The Balaban J connectivity index is 2.53. The molecular weight excluding hydrogens is 232 g/mol. The Morgan fingerprint density at radius 2 is 2.22 bits per heavy atom. The van der Waals surface area contributed by atoms with Gasteiger partial charge in [-0.3, -0.25) is 14.5 Å². The molecule has 0 saturated carbocycles. The lowest BCUT2D eigenvalue weighted by Gasteiger charge is -2.25. The van der Waals surface area contributed by atoms with E-state index < -0.39 is 0 Å². The summed E-state index contributed by atoms with van der Waals surface area (Å²) in [5.41, 5.74) is 0. The van der Waals surface area contributed by atoms with Crippen molar-refractivity contribution in [1.82, 2.24) is 10.2 Å². The van der Waals surface area contributed by atoms with E-state index in [9.17, 15) is 9.59 Å². The molecule has 1 N–H and O–H groups in total. The van der Waals surface area contributed by atoms with Crippen LogP contribution >= 0.6 is 0 Å². The highest BCUT2D eigenvalue weighted by Crippen LogP contribution is 2.18. The molecule has 104 valence electrons. The normalized spacial score (nSPS) is 21.6. The van der Waals surface area contributed by atoms with Crippen LogP contribution in [0.2, 0.25) is 0 Å². The van der Waals surface area contributed by atoms with E-state index in [2.05, 4.69) is 17.1 Å². The molecule has 1 saturated heterocycles. The van der Waals surface area contributed by atoms with Crippen LogP contribution in [0.5, 0.6) is 0 Å². The van der Waals surface area contributed by atoms with Crippen LogP contribution in [0.15, 0.2) is 0 Å². The summed E-state index contributed by atoms with van der Waals surface area (Å²) in [7, 11) is 1.43. The second kappa shape index (κ2) is 7.36. The number of unbranched alkanes of at least 4 members (excludes halogenated alkanes) is 1. The van der Waals surface area contributed by atoms with Crippen LogP contribution in [-0.2, 0) is 14.3 Å². The third-order valence-electron chi connectivity index (χ3n) is 3.37. The van der Waals surface area contributed by atoms with E-state index in [1.54, 1.807) is 0 Å². The van der Waals surface area contributed by atoms with Crippen molar-refractivity contribution in [3.63, 3.8) is 0 Å². The minimum Gasteiger partial charge on any atom is -0.468 e. The fraction of sp³-hybridized carbons (Fsp3) is 0.846. The van der Waals surface area contributed by atoms with Gasteiger partial charge in [-0.15, -0.1) is 0 Å². The number of hydrogen-bond acceptors (Lipinski definition) is 4. The molecule has 1 aliphatic heterocycles. The molecule has 1 heterocycles. The first-order valence-electron chi connectivity index (χ1n) is 6.67. The molecule has 2 unspecified atom stereocenters. The van der Waals surface area contributed by atoms with Crippen LogP contribution in [-0.4, -0.2) is 49.1 Å². The van der Waals surface area contributed by atoms with E-state index in [0.717, 1.165) is 38.8 Å². The number of carbonyl (C=O) groups excluding carboxylic acids is 2. The van der Waals surface area contributed by atoms with Crippen molar-refractivity contribution in [2.45, 2.75) is 51.6 Å². The molecule has 0 radical (unpaired) electrons. The first kappa shape index (κ1) is 15.0. The summed E-state index contributed by atoms with van der Waals surface area (Å²) in [4.78, 5) is 24.9. The summed E-state index contributed by atoms with van der Waals surface area (Å²) < 4.78 is 4.87. The lowest BCUT2D eigenvalue weighted by atomic mass is 10.1. The van der Waals surface area contributed by atoms with Gasteiger partial charge >= 0.3 is 5.97 Å². The van der Waals surface area contributed by atoms with Gasteiger partial charge in [0, 0.05) is 26.1 Å². The zero-order valence-corrected chi connectivity index (χ0v) is 11.6. The van der Waals surface area contributed by atoms with Gasteiger partial charge in [-0.2, -0.15) is 0 Å². The van der Waals surface area contributed by atoms with Crippen LogP contribution in [0.1, 0.15) is 39.5 Å². The molecule has 1 fully saturated rings. The lowest BCUT2D eigenvalue weighted by molar-refractivity contribution is -0.146. The predicted octanol–water partition coefficient (Wildman–Crippen LogP) is 0.929. The molecule has 2 atom stereocenters. The summed E-state index contributed by atoms with van der Waals surface area (Å²) in [6.45, 7) is 5.22. The molecule has 0 aromatic carbocycles. The molecule has 1 aliphatic rings. The molecule has 5 heteroatoms. The number of hydrogen-bond donors (Lipinski definition) is 1. The van der Waals surface area contributed by atoms with Crippen molar-refractivity contribution >= 4 is 11.9 Å². The van der Waals surface area contributed by atoms with Gasteiger partial charge in [-0.1, -0.05) is 19.8 Å². The Hall–Kier alpha value is -1.10. The van der Waals surface area contributed by atoms with Gasteiger partial charge in [0.2, 0.25) is 5.91 Å². The minimum absolute atomic E-state index is 0.00923. The summed E-state index contributed by atoms with van der Waals surface area (Å²) in [5.74, 6) is -0.169. The van der Waals surface area contributed by atoms with Gasteiger partial charge in [0.15, 0.2) is 0 Å². The Labute approximate surface area is 109 Å². The number of nitrogens with one attached hydrogen (secondary N) is 1. The summed E-state index contributed by atoms with van der Waals surface area (Å²) >= 11 is 0. The van der Waals surface area contributed by atoms with Crippen molar-refractivity contribution in [3.8, 4) is 0 Å². The Bertz CT molecular complexity index is 294. The van der Waals surface area contributed by atoms with Crippen molar-refractivity contribution in [2.24, 2.45) is 0 Å². The molecule has 5 nitrogen and oxygen atoms in total. The van der Waals surface area contributed by atoms with Crippen molar-refractivity contribution < 1.29 is 14.3 Å². The lowest BCUT2D eigenvalue weighted by Crippen LogP contribution is -2.43. The Kier molecular flexibility index (Phi) is 6.12. The smallest absolute Gasteiger partial charge is 0.323 e. The highest BCUT2D eigenvalue weighted by molar-refractivity contribution is 5.76. The van der Waals surface area contributed by atoms with Crippen molar-refractivity contribution in [3.05, 3.63) is 0 Å². The second-order valence-electron chi connectivity index (χ2n) is 4.86. The SMILES string of the molecule is CCCCC(C(=O)OC)N1CCC(NC(C)=O)C1. The Morgan fingerprint density at radius 1 is 1.50 bits per heavy atom. The maximum absolute atomic E-state index is 11.8. The van der Waals surface area contributed by atoms with Gasteiger partial charge in [-0.25, -0.2) is 0 Å². The Morgan fingerprint density at radius 3 is 2.78 bits per heavy atom. The molecule has 0 bridgehead atoms. The van der Waals surface area contributed by atoms with E-state index in [0.29, 0.717) is 0 Å². The monoisotopic (exact) mass is 256 g/mol. The van der Waals surface area contributed by atoms with E-state index in [4.69, 9.17) is 4.74 Å². The number of ether oxygens (including phenoxy) is 1. The summed E-state index contributed by atoms with van der Waals surface area (Å²) in [5, 5.41) is 2.91. The molecule has 0 spiro atoms. The van der Waals surface area contributed by atoms with Crippen LogP contribution in [0.4, 0.5) is 0 Å². The van der Waals surface area contributed by atoms with Gasteiger partial charge < -0.3 is 10.1 Å². The first-order chi connectivity index (χ1) is 8.58. The number of nitrogens with zero attached hydrogens (tertiary/aromatic N) is 1. The predicted molar refractivity (Wildman–Crippen MR) is 69.1 cm³/mol. The van der Waals surface area contributed by atoms with Gasteiger partial charge in [-0.05, 0) is 12.8 Å². The topological polar surface area (TPSA) is 58.6 Å². The van der Waals surface area contributed by atoms with E-state index in [1.807, 2.05) is 0 Å². The minimum atomic E-state index is -0.160. The van der Waals surface area contributed by atoms with Crippen LogP contribution in [0, 0.1) is 0 Å². The zero-order chi connectivity index (χ0) is 13.5. The zero-order valence-electron chi connectivity index (χ0n) is 11.6. The maximum atomic E-state index is 11.8. The van der Waals surface area contributed by atoms with Crippen LogP contribution in [0.25, 0.3) is 0 Å². The number of methoxy groups -OCH3 is 1. The van der Waals surface area contributed by atoms with Crippen LogP contribution in [0.3, 0.4) is 0 Å². The molecule has 18 heavy (non-hydrogen) atoms. The van der Waals surface area contributed by atoms with Crippen molar-refractivity contribution in [2.75, 3.05) is 20.2 Å². The fourth-order valence-corrected chi connectivity index (χ4v) is 2.46. The van der Waals surface area contributed by atoms with Gasteiger partial charge in [0.1, 0.15) is 6.04 Å². The van der Waals surface area contributed by atoms with E-state index in [1.165, 1.54) is 14.0 Å². The largest absolute Gasteiger partial charge is 0.468 e. The van der Waals surface area contributed by atoms with Crippen LogP contribution < -0.4 is 5.32 Å². The summed E-state index contributed by atoms with van der Waals surface area (Å²) in [6.07, 6.45) is 3.81. The third kappa shape index (κ3) is 4.29. The number of esters is 1. The molecule has 0 aliphatic carbocycles. The van der Waals surface area contributed by atoms with Crippen molar-refractivity contribution in [1.29, 1.82) is 0 Å². The van der Waals surface area contributed by atoms with Gasteiger partial charge in [0.05, 0.1) is 7.11 Å². The highest BCUT2D eigenvalue weighted by atomic mass is 16.5. The molecule has 1 rings (SSSR count). The third-order valence-corrected chi connectivity index (χ3v) is 3.37. The first-order valence-corrected chi connectivity index (χ1v) is 6.67. The maximum Gasteiger partial charge on any atom is 0.323 e. The quantitative estimate of drug-likeness (QED) is 0.718. The molecular formula is C13H24N2O3. The fourth-order valence-electron chi connectivity index (χ4n) is 2.46. The van der Waals surface area contributed by atoms with E-state index in [-0.39, 0.29) is 24.0 Å². The standard InChI is InChI=1S/C13H24N2O3/c1-4-5-6-12(13(17)18-3)15-8-7-11(9-15)14-10(2)16/h11-12H,4-9H2,1-3H3,(H,14,16). The number of carbonyl (C=O) groups is 2. The highest BCUT2D eigenvalue weighted by Gasteiger charge is 2.32. The average Bonchev–Trinajstić information content (AvgIpc) is 2.76. The average molecular weight is 256 g/mol. The number of likely N-dealkylation sites (tertiary alicyclic amines) is 1. The number of amides is 1. The molecule has 0 aromatic heterocycles. The molecule has 1 amide bonds. The second-order valence-corrected chi connectivity index (χ2v) is 4.86.